The summed E-state index contributed by atoms with van der Waals surface area (Å²) < 4.78 is 0. The van der Waals surface area contributed by atoms with E-state index in [-0.39, 0.29) is 0 Å². The summed E-state index contributed by atoms with van der Waals surface area (Å²) in [6.45, 7) is 0. The van der Waals surface area contributed by atoms with Crippen molar-refractivity contribution in [2.75, 3.05) is 0 Å². The standard InChI is InChI=1S/C10H9NSi/c1-2-5-9(6-3-1)12-10-7-4-8-11-10/h1-8,11H. The molecule has 1 aromatic carbocycles. The Labute approximate surface area is 74.3 Å². The van der Waals surface area contributed by atoms with Crippen molar-refractivity contribution in [3.63, 3.8) is 0 Å². The average molecular weight is 171 g/mol. The summed E-state index contributed by atoms with van der Waals surface area (Å²) in [5.41, 5.74) is 0. The summed E-state index contributed by atoms with van der Waals surface area (Å²) in [7, 11) is 0.746. The van der Waals surface area contributed by atoms with Crippen LogP contribution in [0.1, 0.15) is 0 Å². The maximum Gasteiger partial charge on any atom is 0.144 e. The van der Waals surface area contributed by atoms with Gasteiger partial charge in [-0.2, -0.15) is 0 Å². The number of hydrogen-bond donors (Lipinski definition) is 1. The molecule has 0 spiro atoms. The lowest BCUT2D eigenvalue weighted by Gasteiger charge is -1.95. The van der Waals surface area contributed by atoms with Crippen LogP contribution in [0.15, 0.2) is 48.7 Å². The third-order valence-corrected chi connectivity index (χ3v) is 2.85. The van der Waals surface area contributed by atoms with Gasteiger partial charge in [-0.25, -0.2) is 0 Å². The molecule has 2 aromatic rings. The molecule has 1 aromatic heterocycles. The van der Waals surface area contributed by atoms with E-state index in [1.54, 1.807) is 0 Å². The van der Waals surface area contributed by atoms with Gasteiger partial charge in [-0.05, 0) is 17.4 Å². The summed E-state index contributed by atoms with van der Waals surface area (Å²) in [5.74, 6) is 0. The second kappa shape index (κ2) is 3.41. The van der Waals surface area contributed by atoms with Crippen LogP contribution in [0.5, 0.6) is 0 Å². The van der Waals surface area contributed by atoms with E-state index in [4.69, 9.17) is 0 Å². The molecule has 0 amide bonds. The number of aromatic amines is 1. The molecular formula is C10H9NSi. The second-order valence-electron chi connectivity index (χ2n) is 2.57. The molecule has 0 aliphatic carbocycles. The third kappa shape index (κ3) is 1.65. The molecule has 0 aliphatic heterocycles. The molecule has 12 heavy (non-hydrogen) atoms. The Morgan fingerprint density at radius 2 is 1.75 bits per heavy atom. The molecule has 0 aliphatic rings. The predicted octanol–water partition coefficient (Wildman–Crippen LogP) is 0.670. The highest BCUT2D eigenvalue weighted by molar-refractivity contribution is 6.66. The van der Waals surface area contributed by atoms with Crippen LogP contribution >= 0.6 is 0 Å². The fourth-order valence-corrected chi connectivity index (χ4v) is 2.09. The van der Waals surface area contributed by atoms with Gasteiger partial charge in [-0.15, -0.1) is 0 Å². The van der Waals surface area contributed by atoms with E-state index in [2.05, 4.69) is 35.3 Å². The van der Waals surface area contributed by atoms with Gasteiger partial charge in [0.15, 0.2) is 0 Å². The molecular weight excluding hydrogens is 162 g/mol. The molecule has 2 heteroatoms. The molecule has 1 nitrogen and oxygen atoms in total. The monoisotopic (exact) mass is 171 g/mol. The van der Waals surface area contributed by atoms with Crippen molar-refractivity contribution in [1.82, 2.24) is 4.98 Å². The molecule has 0 fully saturated rings. The van der Waals surface area contributed by atoms with Crippen LogP contribution in [0.3, 0.4) is 0 Å². The molecule has 0 saturated carbocycles. The Morgan fingerprint density at radius 1 is 0.917 bits per heavy atom. The Bertz CT molecular complexity index is 326. The summed E-state index contributed by atoms with van der Waals surface area (Å²) in [6.07, 6.45) is 1.96. The van der Waals surface area contributed by atoms with Crippen LogP contribution in [-0.4, -0.2) is 14.5 Å². The quantitative estimate of drug-likeness (QED) is 0.639. The van der Waals surface area contributed by atoms with Gasteiger partial charge < -0.3 is 4.98 Å². The van der Waals surface area contributed by atoms with Crippen molar-refractivity contribution in [2.24, 2.45) is 0 Å². The van der Waals surface area contributed by atoms with Crippen molar-refractivity contribution in [3.8, 4) is 0 Å². The van der Waals surface area contributed by atoms with E-state index < -0.39 is 0 Å². The number of benzene rings is 1. The fraction of sp³-hybridized carbons (Fsp3) is 0. The first-order chi connectivity index (χ1) is 5.95. The molecule has 0 atom stereocenters. The lowest BCUT2D eigenvalue weighted by atomic mass is 10.4. The average Bonchev–Trinajstić information content (AvgIpc) is 2.59. The number of nitrogens with one attached hydrogen (secondary N) is 1. The lowest BCUT2D eigenvalue weighted by Crippen LogP contribution is -2.27. The number of rotatable bonds is 2. The van der Waals surface area contributed by atoms with Crippen LogP contribution in [0.2, 0.25) is 0 Å². The normalized spacial score (nSPS) is 10.0. The molecule has 0 unspecified atom stereocenters. The fourth-order valence-electron chi connectivity index (χ4n) is 1.09. The van der Waals surface area contributed by atoms with Crippen LogP contribution in [0.4, 0.5) is 0 Å². The predicted molar refractivity (Wildman–Crippen MR) is 52.3 cm³/mol. The minimum absolute atomic E-state index is 0.746. The van der Waals surface area contributed by atoms with Crippen LogP contribution in [0.25, 0.3) is 0 Å². The SMILES string of the molecule is c1ccc([Si]c2ccc[nH]2)cc1. The Balaban J connectivity index is 2.15. The minimum atomic E-state index is 0.746. The zero-order valence-corrected chi connectivity index (χ0v) is 7.62. The van der Waals surface area contributed by atoms with Gasteiger partial charge in [0, 0.05) is 6.20 Å². The van der Waals surface area contributed by atoms with Gasteiger partial charge in [0.2, 0.25) is 0 Å². The number of H-pyrrole nitrogens is 1. The largest absolute Gasteiger partial charge is 0.369 e. The van der Waals surface area contributed by atoms with Crippen molar-refractivity contribution in [3.05, 3.63) is 48.7 Å². The van der Waals surface area contributed by atoms with Crippen LogP contribution in [-0.2, 0) is 0 Å². The van der Waals surface area contributed by atoms with Gasteiger partial charge in [0.25, 0.3) is 0 Å². The summed E-state index contributed by atoms with van der Waals surface area (Å²) in [6, 6.07) is 14.6. The highest BCUT2D eigenvalue weighted by Crippen LogP contribution is 1.81. The van der Waals surface area contributed by atoms with E-state index in [0.29, 0.717) is 0 Å². The van der Waals surface area contributed by atoms with E-state index in [1.165, 1.54) is 10.5 Å². The molecule has 2 rings (SSSR count). The van der Waals surface area contributed by atoms with Gasteiger partial charge in [0.05, 0.1) is 0 Å². The first kappa shape index (κ1) is 7.37. The first-order valence-electron chi connectivity index (χ1n) is 3.90. The van der Waals surface area contributed by atoms with Gasteiger partial charge in [0.1, 0.15) is 9.52 Å². The van der Waals surface area contributed by atoms with Crippen molar-refractivity contribution >= 4 is 20.0 Å². The number of aromatic nitrogens is 1. The summed E-state index contributed by atoms with van der Waals surface area (Å²) >= 11 is 0. The Morgan fingerprint density at radius 3 is 2.42 bits per heavy atom. The molecule has 0 bridgehead atoms. The smallest absolute Gasteiger partial charge is 0.144 e. The highest BCUT2D eigenvalue weighted by atomic mass is 28.2. The summed E-state index contributed by atoms with van der Waals surface area (Å²) in [4.78, 5) is 3.20. The maximum atomic E-state index is 3.20. The summed E-state index contributed by atoms with van der Waals surface area (Å²) in [5, 5.41) is 2.67. The Hall–Kier alpha value is -1.28. The molecule has 2 radical (unpaired) electrons. The van der Waals surface area contributed by atoms with Crippen molar-refractivity contribution in [2.45, 2.75) is 0 Å². The molecule has 0 saturated heterocycles. The third-order valence-electron chi connectivity index (χ3n) is 1.65. The van der Waals surface area contributed by atoms with Gasteiger partial charge >= 0.3 is 0 Å². The first-order valence-corrected chi connectivity index (χ1v) is 4.90. The number of hydrogen-bond acceptors (Lipinski definition) is 0. The van der Waals surface area contributed by atoms with Crippen molar-refractivity contribution in [1.29, 1.82) is 0 Å². The van der Waals surface area contributed by atoms with E-state index in [0.717, 1.165) is 9.52 Å². The topological polar surface area (TPSA) is 15.8 Å². The van der Waals surface area contributed by atoms with E-state index in [1.807, 2.05) is 18.3 Å². The van der Waals surface area contributed by atoms with Crippen LogP contribution < -0.4 is 10.5 Å². The zero-order chi connectivity index (χ0) is 8.23. The minimum Gasteiger partial charge on any atom is -0.369 e. The second-order valence-corrected chi connectivity index (χ2v) is 3.94. The molecule has 1 N–H and O–H groups in total. The van der Waals surface area contributed by atoms with Gasteiger partial charge in [-0.1, -0.05) is 35.5 Å². The van der Waals surface area contributed by atoms with Gasteiger partial charge in [-0.3, -0.25) is 0 Å². The maximum absolute atomic E-state index is 3.20. The Kier molecular flexibility index (Phi) is 2.09. The van der Waals surface area contributed by atoms with E-state index >= 15 is 0 Å². The molecule has 58 valence electrons. The van der Waals surface area contributed by atoms with E-state index in [9.17, 15) is 0 Å². The zero-order valence-electron chi connectivity index (χ0n) is 6.62. The highest BCUT2D eigenvalue weighted by Gasteiger charge is 1.95. The van der Waals surface area contributed by atoms with Crippen molar-refractivity contribution < 1.29 is 0 Å². The lowest BCUT2D eigenvalue weighted by molar-refractivity contribution is 1.47. The molecule has 1 heterocycles. The van der Waals surface area contributed by atoms with Crippen LogP contribution in [0, 0.1) is 0 Å².